The molecule has 0 aromatic carbocycles. The third kappa shape index (κ3) is 4.98. The van der Waals surface area contributed by atoms with Gasteiger partial charge >= 0.3 is 0 Å². The number of rotatable bonds is 2. The van der Waals surface area contributed by atoms with Gasteiger partial charge in [0.15, 0.2) is 0 Å². The molecule has 0 unspecified atom stereocenters. The molecule has 0 N–H and O–H groups in total. The largest absolute Gasteiger partial charge is 0.370 e. The first kappa shape index (κ1) is 13.0. The van der Waals surface area contributed by atoms with E-state index in [1.54, 1.807) is 0 Å². The molecule has 1 aliphatic carbocycles. The Morgan fingerprint density at radius 3 is 1.33 bits per heavy atom. The standard InChI is InChI=1S/C13H26O2/c1-12(2,3)14-10-8-7-9-11(10)15-13(4,5)6/h10-11H,7-9H2,1-6H3/t10-,11-/m1/s1. The molecule has 0 aromatic rings. The Morgan fingerprint density at radius 2 is 1.07 bits per heavy atom. The molecule has 0 saturated heterocycles. The predicted molar refractivity (Wildman–Crippen MR) is 63.1 cm³/mol. The molecule has 2 atom stereocenters. The van der Waals surface area contributed by atoms with E-state index in [1.807, 2.05) is 0 Å². The molecule has 1 saturated carbocycles. The van der Waals surface area contributed by atoms with Crippen LogP contribution in [0.15, 0.2) is 0 Å². The van der Waals surface area contributed by atoms with Crippen molar-refractivity contribution in [1.29, 1.82) is 0 Å². The first-order valence-corrected chi connectivity index (χ1v) is 6.03. The van der Waals surface area contributed by atoms with Gasteiger partial charge in [0.2, 0.25) is 0 Å². The van der Waals surface area contributed by atoms with Crippen LogP contribution in [0.4, 0.5) is 0 Å². The average Bonchev–Trinajstić information content (AvgIpc) is 2.29. The van der Waals surface area contributed by atoms with Gasteiger partial charge in [-0.25, -0.2) is 0 Å². The maximum Gasteiger partial charge on any atom is 0.0844 e. The molecule has 0 aliphatic heterocycles. The van der Waals surface area contributed by atoms with E-state index >= 15 is 0 Å². The van der Waals surface area contributed by atoms with Gasteiger partial charge in [-0.15, -0.1) is 0 Å². The monoisotopic (exact) mass is 214 g/mol. The van der Waals surface area contributed by atoms with Crippen LogP contribution in [0.25, 0.3) is 0 Å². The molecule has 0 spiro atoms. The normalized spacial score (nSPS) is 28.4. The van der Waals surface area contributed by atoms with Crippen LogP contribution < -0.4 is 0 Å². The van der Waals surface area contributed by atoms with Crippen LogP contribution in [0, 0.1) is 0 Å². The smallest absolute Gasteiger partial charge is 0.0844 e. The van der Waals surface area contributed by atoms with Gasteiger partial charge in [0.05, 0.1) is 23.4 Å². The second-order valence-corrected chi connectivity index (χ2v) is 6.47. The highest BCUT2D eigenvalue weighted by Crippen LogP contribution is 2.31. The summed E-state index contributed by atoms with van der Waals surface area (Å²) in [7, 11) is 0. The summed E-state index contributed by atoms with van der Waals surface area (Å²) in [5.74, 6) is 0. The molecule has 1 aliphatic rings. The van der Waals surface area contributed by atoms with Crippen molar-refractivity contribution in [1.82, 2.24) is 0 Å². The van der Waals surface area contributed by atoms with E-state index in [0.717, 1.165) is 12.8 Å². The van der Waals surface area contributed by atoms with Crippen molar-refractivity contribution >= 4 is 0 Å². The minimum Gasteiger partial charge on any atom is -0.370 e. The second kappa shape index (κ2) is 4.42. The van der Waals surface area contributed by atoms with E-state index in [2.05, 4.69) is 41.5 Å². The summed E-state index contributed by atoms with van der Waals surface area (Å²) >= 11 is 0. The zero-order chi connectivity index (χ0) is 11.7. The van der Waals surface area contributed by atoms with Crippen LogP contribution in [-0.4, -0.2) is 23.4 Å². The molecule has 0 bridgehead atoms. The molecular weight excluding hydrogens is 188 g/mol. The van der Waals surface area contributed by atoms with E-state index in [0.29, 0.717) is 0 Å². The minimum absolute atomic E-state index is 0.0610. The van der Waals surface area contributed by atoms with Crippen LogP contribution in [0.5, 0.6) is 0 Å². The molecule has 2 nitrogen and oxygen atoms in total. The highest BCUT2D eigenvalue weighted by Gasteiger charge is 2.34. The Morgan fingerprint density at radius 1 is 0.733 bits per heavy atom. The van der Waals surface area contributed by atoms with Crippen molar-refractivity contribution in [3.05, 3.63) is 0 Å². The lowest BCUT2D eigenvalue weighted by molar-refractivity contribution is -0.150. The SMILES string of the molecule is CC(C)(C)O[C@@H]1CCC[C@H]1OC(C)(C)C. The molecule has 0 heterocycles. The average molecular weight is 214 g/mol. The summed E-state index contributed by atoms with van der Waals surface area (Å²) in [6, 6.07) is 0. The van der Waals surface area contributed by atoms with E-state index in [-0.39, 0.29) is 23.4 Å². The van der Waals surface area contributed by atoms with E-state index in [9.17, 15) is 0 Å². The van der Waals surface area contributed by atoms with Gasteiger partial charge in [-0.3, -0.25) is 0 Å². The first-order chi connectivity index (χ1) is 6.67. The highest BCUT2D eigenvalue weighted by atomic mass is 16.6. The van der Waals surface area contributed by atoms with Crippen molar-refractivity contribution in [2.24, 2.45) is 0 Å². The number of hydrogen-bond donors (Lipinski definition) is 0. The second-order valence-electron chi connectivity index (χ2n) is 6.47. The molecule has 90 valence electrons. The lowest BCUT2D eigenvalue weighted by atomic mass is 10.1. The Labute approximate surface area is 94.3 Å². The number of ether oxygens (including phenoxy) is 2. The highest BCUT2D eigenvalue weighted by molar-refractivity contribution is 4.83. The topological polar surface area (TPSA) is 18.5 Å². The van der Waals surface area contributed by atoms with Crippen molar-refractivity contribution in [2.75, 3.05) is 0 Å². The summed E-state index contributed by atoms with van der Waals surface area (Å²) < 4.78 is 12.1. The van der Waals surface area contributed by atoms with Gasteiger partial charge < -0.3 is 9.47 Å². The maximum absolute atomic E-state index is 6.03. The van der Waals surface area contributed by atoms with Crippen molar-refractivity contribution < 1.29 is 9.47 Å². The molecule has 1 rings (SSSR count). The third-order valence-electron chi connectivity index (χ3n) is 2.40. The zero-order valence-electron chi connectivity index (χ0n) is 11.1. The summed E-state index contributed by atoms with van der Waals surface area (Å²) in [6.45, 7) is 12.7. The molecule has 0 aromatic heterocycles. The van der Waals surface area contributed by atoms with Crippen LogP contribution in [0.1, 0.15) is 60.8 Å². The summed E-state index contributed by atoms with van der Waals surface area (Å²) in [5.41, 5.74) is -0.122. The van der Waals surface area contributed by atoms with Crippen LogP contribution in [0.2, 0.25) is 0 Å². The van der Waals surface area contributed by atoms with E-state index in [1.165, 1.54) is 6.42 Å². The van der Waals surface area contributed by atoms with Crippen molar-refractivity contribution in [2.45, 2.75) is 84.2 Å². The van der Waals surface area contributed by atoms with Gasteiger partial charge in [-0.05, 0) is 60.8 Å². The van der Waals surface area contributed by atoms with Crippen LogP contribution in [0.3, 0.4) is 0 Å². The van der Waals surface area contributed by atoms with Crippen LogP contribution >= 0.6 is 0 Å². The Kier molecular flexibility index (Phi) is 3.83. The fraction of sp³-hybridized carbons (Fsp3) is 1.00. The Bertz CT molecular complexity index is 176. The minimum atomic E-state index is -0.0610. The number of hydrogen-bond acceptors (Lipinski definition) is 2. The van der Waals surface area contributed by atoms with Crippen molar-refractivity contribution in [3.63, 3.8) is 0 Å². The van der Waals surface area contributed by atoms with Gasteiger partial charge in [-0.1, -0.05) is 0 Å². The molecule has 15 heavy (non-hydrogen) atoms. The fourth-order valence-corrected chi connectivity index (χ4v) is 2.07. The van der Waals surface area contributed by atoms with E-state index < -0.39 is 0 Å². The molecule has 0 radical (unpaired) electrons. The van der Waals surface area contributed by atoms with Gasteiger partial charge in [0.1, 0.15) is 0 Å². The summed E-state index contributed by atoms with van der Waals surface area (Å²) in [4.78, 5) is 0. The first-order valence-electron chi connectivity index (χ1n) is 6.03. The van der Waals surface area contributed by atoms with Crippen molar-refractivity contribution in [3.8, 4) is 0 Å². The molecule has 0 amide bonds. The Balaban J connectivity index is 2.50. The van der Waals surface area contributed by atoms with Crippen LogP contribution in [-0.2, 0) is 9.47 Å². The van der Waals surface area contributed by atoms with Gasteiger partial charge in [0.25, 0.3) is 0 Å². The quantitative estimate of drug-likeness (QED) is 0.700. The van der Waals surface area contributed by atoms with Gasteiger partial charge in [0, 0.05) is 0 Å². The lowest BCUT2D eigenvalue weighted by Gasteiger charge is -2.32. The predicted octanol–water partition coefficient (Wildman–Crippen LogP) is 3.54. The zero-order valence-corrected chi connectivity index (χ0v) is 11.1. The lowest BCUT2D eigenvalue weighted by Crippen LogP contribution is -2.38. The fourth-order valence-electron chi connectivity index (χ4n) is 2.07. The molecular formula is C13H26O2. The molecule has 1 fully saturated rings. The van der Waals surface area contributed by atoms with Gasteiger partial charge in [-0.2, -0.15) is 0 Å². The Hall–Kier alpha value is -0.0800. The third-order valence-corrected chi connectivity index (χ3v) is 2.40. The van der Waals surface area contributed by atoms with E-state index in [4.69, 9.17) is 9.47 Å². The maximum atomic E-state index is 6.03. The summed E-state index contributed by atoms with van der Waals surface area (Å²) in [6.07, 6.45) is 4.06. The summed E-state index contributed by atoms with van der Waals surface area (Å²) in [5, 5.41) is 0. The molecule has 2 heteroatoms.